The topological polar surface area (TPSA) is 57.9 Å². The average molecular weight is 419 g/mol. The van der Waals surface area contributed by atoms with Gasteiger partial charge in [0.05, 0.1) is 19.1 Å². The molecule has 162 valence electrons. The number of benzene rings is 2. The number of nitrogens with zero attached hydrogens (tertiary/aromatic N) is 5. The minimum Gasteiger partial charge on any atom is -0.495 e. The molecule has 31 heavy (non-hydrogen) atoms. The highest BCUT2D eigenvalue weighted by Crippen LogP contribution is 2.28. The summed E-state index contributed by atoms with van der Waals surface area (Å²) in [7, 11) is 3.58. The summed E-state index contributed by atoms with van der Waals surface area (Å²) >= 11 is 0. The van der Waals surface area contributed by atoms with Gasteiger partial charge in [-0.2, -0.15) is 0 Å². The molecular formula is C24H30N6O. The molecule has 1 aromatic heterocycles. The number of para-hydroxylation sites is 2. The number of piperazine rings is 1. The number of aliphatic imine (C=N–C) groups is 1. The molecule has 1 aliphatic heterocycles. The number of hydrogen-bond donors (Lipinski definition) is 1. The van der Waals surface area contributed by atoms with Gasteiger partial charge in [-0.25, -0.2) is 4.98 Å². The molecule has 1 N–H and O–H groups in total. The Hall–Kier alpha value is -3.48. The molecule has 0 bridgehead atoms. The van der Waals surface area contributed by atoms with E-state index >= 15 is 0 Å². The third kappa shape index (κ3) is 5.17. The third-order valence-corrected chi connectivity index (χ3v) is 5.58. The summed E-state index contributed by atoms with van der Waals surface area (Å²) in [5, 5.41) is 3.53. The molecule has 2 aromatic carbocycles. The van der Waals surface area contributed by atoms with E-state index in [1.54, 1.807) is 7.11 Å². The third-order valence-electron chi connectivity index (χ3n) is 5.58. The highest BCUT2D eigenvalue weighted by molar-refractivity contribution is 5.80. The van der Waals surface area contributed by atoms with Crippen LogP contribution < -0.4 is 15.0 Å². The zero-order chi connectivity index (χ0) is 21.5. The predicted molar refractivity (Wildman–Crippen MR) is 125 cm³/mol. The molecule has 0 aliphatic carbocycles. The van der Waals surface area contributed by atoms with Crippen molar-refractivity contribution in [2.45, 2.75) is 13.1 Å². The first kappa shape index (κ1) is 20.8. The van der Waals surface area contributed by atoms with Crippen LogP contribution in [0.15, 0.2) is 72.2 Å². The number of rotatable bonds is 6. The van der Waals surface area contributed by atoms with Crippen LogP contribution in [0.2, 0.25) is 0 Å². The molecule has 1 saturated heterocycles. The van der Waals surface area contributed by atoms with E-state index in [2.05, 4.69) is 66.1 Å². The van der Waals surface area contributed by atoms with Gasteiger partial charge in [0, 0.05) is 58.7 Å². The van der Waals surface area contributed by atoms with Gasteiger partial charge in [-0.1, -0.05) is 36.4 Å². The number of imidazole rings is 1. The number of hydrogen-bond acceptors (Lipinski definition) is 4. The first-order valence-electron chi connectivity index (χ1n) is 10.6. The van der Waals surface area contributed by atoms with Crippen molar-refractivity contribution in [3.63, 3.8) is 0 Å². The largest absolute Gasteiger partial charge is 0.495 e. The van der Waals surface area contributed by atoms with Gasteiger partial charge in [0.2, 0.25) is 0 Å². The number of aromatic nitrogens is 2. The van der Waals surface area contributed by atoms with Crippen LogP contribution >= 0.6 is 0 Å². The summed E-state index contributed by atoms with van der Waals surface area (Å²) in [5.41, 5.74) is 3.66. The van der Waals surface area contributed by atoms with Crippen molar-refractivity contribution in [3.8, 4) is 5.75 Å². The second-order valence-electron chi connectivity index (χ2n) is 7.60. The monoisotopic (exact) mass is 418 g/mol. The molecular weight excluding hydrogens is 388 g/mol. The maximum absolute atomic E-state index is 5.53. The molecule has 0 atom stereocenters. The number of guanidine groups is 1. The number of anilines is 1. The van der Waals surface area contributed by atoms with E-state index in [0.29, 0.717) is 0 Å². The van der Waals surface area contributed by atoms with Gasteiger partial charge in [-0.3, -0.25) is 4.99 Å². The van der Waals surface area contributed by atoms with Crippen molar-refractivity contribution >= 4 is 11.6 Å². The summed E-state index contributed by atoms with van der Waals surface area (Å²) < 4.78 is 7.60. The quantitative estimate of drug-likeness (QED) is 0.493. The fraction of sp³-hybridized carbons (Fsp3) is 0.333. The van der Waals surface area contributed by atoms with Crippen LogP contribution in [-0.4, -0.2) is 60.7 Å². The Kier molecular flexibility index (Phi) is 6.72. The molecule has 1 fully saturated rings. The van der Waals surface area contributed by atoms with Crippen molar-refractivity contribution in [1.82, 2.24) is 19.8 Å². The van der Waals surface area contributed by atoms with E-state index in [-0.39, 0.29) is 0 Å². The minimum atomic E-state index is 0.747. The van der Waals surface area contributed by atoms with Crippen LogP contribution in [0.25, 0.3) is 0 Å². The molecule has 3 aromatic rings. The maximum Gasteiger partial charge on any atom is 0.194 e. The molecule has 0 radical (unpaired) electrons. The van der Waals surface area contributed by atoms with Crippen LogP contribution in [0.5, 0.6) is 5.75 Å². The van der Waals surface area contributed by atoms with Gasteiger partial charge < -0.3 is 24.4 Å². The molecule has 2 heterocycles. The fourth-order valence-electron chi connectivity index (χ4n) is 3.99. The summed E-state index contributed by atoms with van der Waals surface area (Å²) in [6.45, 7) is 5.27. The molecule has 0 spiro atoms. The number of ether oxygens (including phenoxy) is 1. The summed E-state index contributed by atoms with van der Waals surface area (Å²) in [6.07, 6.45) is 5.64. The van der Waals surface area contributed by atoms with E-state index in [0.717, 1.165) is 56.7 Å². The average Bonchev–Trinajstić information content (AvgIpc) is 3.33. The first-order chi connectivity index (χ1) is 15.3. The lowest BCUT2D eigenvalue weighted by molar-refractivity contribution is 0.367. The minimum absolute atomic E-state index is 0.747. The van der Waals surface area contributed by atoms with Crippen LogP contribution in [-0.2, 0) is 13.1 Å². The summed E-state index contributed by atoms with van der Waals surface area (Å²) in [4.78, 5) is 13.3. The van der Waals surface area contributed by atoms with Crippen molar-refractivity contribution < 1.29 is 4.74 Å². The second kappa shape index (κ2) is 10.0. The highest BCUT2D eigenvalue weighted by atomic mass is 16.5. The Morgan fingerprint density at radius 2 is 1.87 bits per heavy atom. The molecule has 7 heteroatoms. The van der Waals surface area contributed by atoms with Crippen LogP contribution in [0.4, 0.5) is 5.69 Å². The molecule has 0 saturated carbocycles. The lowest BCUT2D eigenvalue weighted by Crippen LogP contribution is -2.52. The van der Waals surface area contributed by atoms with Gasteiger partial charge in [-0.05, 0) is 23.3 Å². The van der Waals surface area contributed by atoms with E-state index in [9.17, 15) is 0 Å². The SMILES string of the molecule is CN=C(NCc1cccc(Cn2ccnc2)c1)N1CCN(c2ccccc2OC)CC1. The normalized spacial score (nSPS) is 14.6. The first-order valence-corrected chi connectivity index (χ1v) is 10.6. The molecule has 1 aliphatic rings. The van der Waals surface area contributed by atoms with Gasteiger partial charge in [0.25, 0.3) is 0 Å². The zero-order valence-corrected chi connectivity index (χ0v) is 18.2. The Morgan fingerprint density at radius 3 is 2.61 bits per heavy atom. The smallest absolute Gasteiger partial charge is 0.194 e. The number of nitrogens with one attached hydrogen (secondary N) is 1. The standard InChI is InChI=1S/C24H30N6O/c1-25-24(27-17-20-6-5-7-21(16-20)18-28-11-10-26-19-28)30-14-12-29(13-15-30)22-8-3-4-9-23(22)31-2/h3-11,16,19H,12-15,17-18H2,1-2H3,(H,25,27). The predicted octanol–water partition coefficient (Wildman–Crippen LogP) is 2.84. The lowest BCUT2D eigenvalue weighted by Gasteiger charge is -2.38. The van der Waals surface area contributed by atoms with Gasteiger partial charge in [-0.15, -0.1) is 0 Å². The second-order valence-corrected chi connectivity index (χ2v) is 7.60. The Bertz CT molecular complexity index is 993. The highest BCUT2D eigenvalue weighted by Gasteiger charge is 2.21. The van der Waals surface area contributed by atoms with Crippen molar-refractivity contribution in [2.24, 2.45) is 4.99 Å². The van der Waals surface area contributed by atoms with Crippen molar-refractivity contribution in [1.29, 1.82) is 0 Å². The van der Waals surface area contributed by atoms with Gasteiger partial charge in [0.1, 0.15) is 5.75 Å². The molecule has 0 unspecified atom stereocenters. The van der Waals surface area contributed by atoms with E-state index in [1.165, 1.54) is 11.1 Å². The van der Waals surface area contributed by atoms with E-state index in [4.69, 9.17) is 4.74 Å². The Balaban J connectivity index is 1.32. The Labute approximate surface area is 184 Å². The van der Waals surface area contributed by atoms with Crippen LogP contribution in [0, 0.1) is 0 Å². The van der Waals surface area contributed by atoms with Crippen LogP contribution in [0.3, 0.4) is 0 Å². The molecule has 0 amide bonds. The fourth-order valence-corrected chi connectivity index (χ4v) is 3.99. The Morgan fingerprint density at radius 1 is 1.06 bits per heavy atom. The van der Waals surface area contributed by atoms with Crippen molar-refractivity contribution in [2.75, 3.05) is 45.2 Å². The van der Waals surface area contributed by atoms with E-state index < -0.39 is 0 Å². The van der Waals surface area contributed by atoms with Gasteiger partial charge >= 0.3 is 0 Å². The molecule has 7 nitrogen and oxygen atoms in total. The van der Waals surface area contributed by atoms with Gasteiger partial charge in [0.15, 0.2) is 5.96 Å². The summed E-state index contributed by atoms with van der Waals surface area (Å²) in [5.74, 6) is 1.87. The van der Waals surface area contributed by atoms with Crippen molar-refractivity contribution in [3.05, 3.63) is 78.4 Å². The summed E-state index contributed by atoms with van der Waals surface area (Å²) in [6, 6.07) is 16.9. The number of methoxy groups -OCH3 is 1. The molecule has 4 rings (SSSR count). The van der Waals surface area contributed by atoms with E-state index in [1.807, 2.05) is 37.9 Å². The lowest BCUT2D eigenvalue weighted by atomic mass is 10.1. The maximum atomic E-state index is 5.53. The van der Waals surface area contributed by atoms with Crippen LogP contribution in [0.1, 0.15) is 11.1 Å². The zero-order valence-electron chi connectivity index (χ0n) is 18.2.